The minimum atomic E-state index is 0. The third kappa shape index (κ3) is 4.95. The van der Waals surface area contributed by atoms with Crippen LogP contribution in [0.4, 0.5) is 5.13 Å². The Morgan fingerprint density at radius 2 is 1.93 bits per heavy atom. The van der Waals surface area contributed by atoms with E-state index in [9.17, 15) is 0 Å². The fraction of sp³-hybridized carbons (Fsp3) is 0.444. The zero-order chi connectivity index (χ0) is 17.8. The van der Waals surface area contributed by atoms with Crippen molar-refractivity contribution in [1.29, 1.82) is 0 Å². The molecule has 0 unspecified atom stereocenters. The van der Waals surface area contributed by atoms with Crippen LogP contribution in [0.15, 0.2) is 34.8 Å². The van der Waals surface area contributed by atoms with Crippen molar-refractivity contribution in [3.8, 4) is 11.5 Å². The van der Waals surface area contributed by atoms with Gasteiger partial charge in [-0.15, -0.1) is 35.3 Å². The Bertz CT molecular complexity index is 763. The summed E-state index contributed by atoms with van der Waals surface area (Å²) in [5, 5.41) is 3.08. The van der Waals surface area contributed by atoms with Gasteiger partial charge in [-0.05, 0) is 17.7 Å². The van der Waals surface area contributed by atoms with E-state index in [0.717, 1.165) is 54.8 Å². The van der Waals surface area contributed by atoms with Crippen LogP contribution in [0.1, 0.15) is 12.0 Å². The molecule has 0 bridgehead atoms. The summed E-state index contributed by atoms with van der Waals surface area (Å²) in [5.74, 6) is 2.20. The van der Waals surface area contributed by atoms with Gasteiger partial charge in [0.1, 0.15) is 0 Å². The Morgan fingerprint density at radius 1 is 1.15 bits per heavy atom. The van der Waals surface area contributed by atoms with E-state index in [4.69, 9.17) is 15.2 Å². The monoisotopic (exact) mass is 501 g/mol. The molecule has 2 N–H and O–H groups in total. The van der Waals surface area contributed by atoms with Crippen LogP contribution in [0, 0.1) is 0 Å². The largest absolute Gasteiger partial charge is 0.490 e. The topological polar surface area (TPSA) is 76.2 Å². The van der Waals surface area contributed by atoms with Gasteiger partial charge >= 0.3 is 0 Å². The number of aromatic nitrogens is 1. The quantitative estimate of drug-likeness (QED) is 0.396. The number of ether oxygens (including phenoxy) is 2. The standard InChI is InChI=1S/C18H23N5O2S.HI/c19-17(22-5-7-23(8-6-22)18-20-4-11-26-18)21-13-14-2-3-15-16(12-14)25-10-1-9-24-15;/h2-4,11-12H,1,5-10,13H2,(H2,19,21);1H. The molecule has 2 aliphatic rings. The lowest BCUT2D eigenvalue weighted by atomic mass is 10.2. The first-order valence-corrected chi connectivity index (χ1v) is 9.75. The Balaban J connectivity index is 0.00000210. The molecule has 1 saturated heterocycles. The predicted molar refractivity (Wildman–Crippen MR) is 119 cm³/mol. The first kappa shape index (κ1) is 20.0. The summed E-state index contributed by atoms with van der Waals surface area (Å²) in [6.07, 6.45) is 2.75. The number of guanidine groups is 1. The second-order valence-electron chi connectivity index (χ2n) is 6.29. The number of nitrogens with two attached hydrogens (primary N) is 1. The predicted octanol–water partition coefficient (Wildman–Crippen LogP) is 2.56. The van der Waals surface area contributed by atoms with Crippen LogP contribution in [0.25, 0.3) is 0 Å². The molecule has 1 aromatic carbocycles. The molecular formula is C18H24IN5O2S. The molecule has 0 aliphatic carbocycles. The van der Waals surface area contributed by atoms with Crippen molar-refractivity contribution in [2.75, 3.05) is 44.3 Å². The summed E-state index contributed by atoms with van der Waals surface area (Å²) >= 11 is 1.67. The molecular weight excluding hydrogens is 477 g/mol. The number of anilines is 1. The molecule has 2 aromatic rings. The molecule has 0 amide bonds. The number of benzene rings is 1. The summed E-state index contributed by atoms with van der Waals surface area (Å²) < 4.78 is 11.4. The number of fused-ring (bicyclic) bond motifs is 1. The van der Waals surface area contributed by atoms with Crippen LogP contribution in [0.5, 0.6) is 11.5 Å². The number of thiazole rings is 1. The first-order chi connectivity index (χ1) is 12.8. The fourth-order valence-corrected chi connectivity index (χ4v) is 3.77. The maximum Gasteiger partial charge on any atom is 0.191 e. The lowest BCUT2D eigenvalue weighted by Gasteiger charge is -2.35. The van der Waals surface area contributed by atoms with Gasteiger partial charge in [0.05, 0.1) is 19.8 Å². The molecule has 27 heavy (non-hydrogen) atoms. The van der Waals surface area contributed by atoms with Crippen molar-refractivity contribution in [3.63, 3.8) is 0 Å². The molecule has 0 spiro atoms. The Morgan fingerprint density at radius 3 is 2.67 bits per heavy atom. The summed E-state index contributed by atoms with van der Waals surface area (Å²) in [6.45, 7) is 5.46. The average Bonchev–Trinajstić information content (AvgIpc) is 3.12. The Labute approximate surface area is 180 Å². The fourth-order valence-electron chi connectivity index (χ4n) is 3.08. The van der Waals surface area contributed by atoms with Gasteiger partial charge in [0.25, 0.3) is 0 Å². The molecule has 3 heterocycles. The second-order valence-corrected chi connectivity index (χ2v) is 7.17. The third-order valence-electron chi connectivity index (χ3n) is 4.53. The van der Waals surface area contributed by atoms with Crippen LogP contribution in [-0.4, -0.2) is 55.2 Å². The van der Waals surface area contributed by atoms with Crippen molar-refractivity contribution in [2.24, 2.45) is 10.7 Å². The highest BCUT2D eigenvalue weighted by Gasteiger charge is 2.19. The third-order valence-corrected chi connectivity index (χ3v) is 5.36. The van der Waals surface area contributed by atoms with Crippen LogP contribution in [-0.2, 0) is 6.54 Å². The minimum absolute atomic E-state index is 0. The molecule has 1 aromatic heterocycles. The van der Waals surface area contributed by atoms with Gasteiger partial charge in [0, 0.05) is 44.2 Å². The molecule has 146 valence electrons. The summed E-state index contributed by atoms with van der Waals surface area (Å²) in [6, 6.07) is 5.97. The van der Waals surface area contributed by atoms with E-state index >= 15 is 0 Å². The molecule has 0 saturated carbocycles. The molecule has 7 nitrogen and oxygen atoms in total. The van der Waals surface area contributed by atoms with Crippen molar-refractivity contribution in [3.05, 3.63) is 35.3 Å². The lowest BCUT2D eigenvalue weighted by Crippen LogP contribution is -2.51. The number of piperazine rings is 1. The van der Waals surface area contributed by atoms with Crippen LogP contribution < -0.4 is 20.1 Å². The van der Waals surface area contributed by atoms with E-state index in [0.29, 0.717) is 25.7 Å². The summed E-state index contributed by atoms with van der Waals surface area (Å²) in [4.78, 5) is 13.4. The van der Waals surface area contributed by atoms with E-state index in [1.165, 1.54) is 0 Å². The Kier molecular flexibility index (Phi) is 7.00. The Hall–Kier alpha value is -1.75. The normalized spacial score (nSPS) is 17.3. The van der Waals surface area contributed by atoms with Crippen LogP contribution >= 0.6 is 35.3 Å². The van der Waals surface area contributed by atoms with Gasteiger partial charge in [-0.25, -0.2) is 9.98 Å². The first-order valence-electron chi connectivity index (χ1n) is 8.87. The van der Waals surface area contributed by atoms with Gasteiger partial charge in [-0.2, -0.15) is 0 Å². The van der Waals surface area contributed by atoms with Gasteiger partial charge < -0.3 is 25.0 Å². The average molecular weight is 501 g/mol. The number of hydrogen-bond acceptors (Lipinski definition) is 6. The van der Waals surface area contributed by atoms with E-state index in [1.807, 2.05) is 29.8 Å². The molecule has 4 rings (SSSR count). The van der Waals surface area contributed by atoms with Gasteiger partial charge in [-0.3, -0.25) is 0 Å². The van der Waals surface area contributed by atoms with Crippen LogP contribution in [0.3, 0.4) is 0 Å². The second kappa shape index (κ2) is 9.45. The van der Waals surface area contributed by atoms with Crippen LogP contribution in [0.2, 0.25) is 0 Å². The molecule has 0 radical (unpaired) electrons. The van der Waals surface area contributed by atoms with E-state index < -0.39 is 0 Å². The van der Waals surface area contributed by atoms with Crippen molar-refractivity contribution in [2.45, 2.75) is 13.0 Å². The number of rotatable bonds is 3. The zero-order valence-corrected chi connectivity index (χ0v) is 18.2. The highest BCUT2D eigenvalue weighted by atomic mass is 127. The van der Waals surface area contributed by atoms with Crippen molar-refractivity contribution in [1.82, 2.24) is 9.88 Å². The molecule has 1 fully saturated rings. The maximum absolute atomic E-state index is 6.21. The smallest absolute Gasteiger partial charge is 0.191 e. The highest BCUT2D eigenvalue weighted by molar-refractivity contribution is 14.0. The number of nitrogens with zero attached hydrogens (tertiary/aromatic N) is 4. The lowest BCUT2D eigenvalue weighted by molar-refractivity contribution is 0.297. The van der Waals surface area contributed by atoms with E-state index in [1.54, 1.807) is 11.3 Å². The van der Waals surface area contributed by atoms with Crippen molar-refractivity contribution < 1.29 is 9.47 Å². The van der Waals surface area contributed by atoms with E-state index in [-0.39, 0.29) is 24.0 Å². The molecule has 0 atom stereocenters. The molecule has 2 aliphatic heterocycles. The number of halogens is 1. The summed E-state index contributed by atoms with van der Waals surface area (Å²) in [5.41, 5.74) is 7.28. The summed E-state index contributed by atoms with van der Waals surface area (Å²) in [7, 11) is 0. The highest BCUT2D eigenvalue weighted by Crippen LogP contribution is 2.30. The SMILES string of the molecule is I.NC(=NCc1ccc2c(c1)OCCCO2)N1CCN(c2nccs2)CC1. The molecule has 9 heteroatoms. The van der Waals surface area contributed by atoms with Crippen molar-refractivity contribution >= 4 is 46.4 Å². The number of hydrogen-bond donors (Lipinski definition) is 1. The maximum atomic E-state index is 6.21. The zero-order valence-electron chi connectivity index (χ0n) is 15.0. The van der Waals surface area contributed by atoms with E-state index in [2.05, 4.69) is 19.8 Å². The van der Waals surface area contributed by atoms with Gasteiger partial charge in [0.15, 0.2) is 22.6 Å². The van der Waals surface area contributed by atoms with Gasteiger partial charge in [-0.1, -0.05) is 6.07 Å². The van der Waals surface area contributed by atoms with Gasteiger partial charge in [0.2, 0.25) is 0 Å². The number of aliphatic imine (C=N–C) groups is 1. The minimum Gasteiger partial charge on any atom is -0.490 e.